The number of amides is 1. The number of carbonyl (C=O) groups excluding carboxylic acids is 1. The smallest absolute Gasteiger partial charge is 0.221 e. The van der Waals surface area contributed by atoms with E-state index in [4.69, 9.17) is 5.73 Å². The zero-order valence-electron chi connectivity index (χ0n) is 8.31. The lowest BCUT2D eigenvalue weighted by molar-refractivity contribution is -0.122. The molecule has 3 nitrogen and oxygen atoms in total. The summed E-state index contributed by atoms with van der Waals surface area (Å²) >= 11 is 0. The van der Waals surface area contributed by atoms with E-state index >= 15 is 0 Å². The Kier molecular flexibility index (Phi) is 4.90. The molecule has 0 heterocycles. The molecule has 0 aromatic rings. The summed E-state index contributed by atoms with van der Waals surface area (Å²) in [6, 6.07) is 0. The van der Waals surface area contributed by atoms with E-state index < -0.39 is 5.54 Å². The Morgan fingerprint density at radius 1 is 1.50 bits per heavy atom. The molecule has 0 radical (unpaired) electrons. The summed E-state index contributed by atoms with van der Waals surface area (Å²) in [5.41, 5.74) is 5.29. The van der Waals surface area contributed by atoms with E-state index in [0.29, 0.717) is 6.42 Å². The van der Waals surface area contributed by atoms with Crippen LogP contribution >= 0.6 is 0 Å². The Morgan fingerprint density at radius 3 is 2.50 bits per heavy atom. The molecule has 3 heteroatoms. The minimum atomic E-state index is -0.393. The van der Waals surface area contributed by atoms with Crippen LogP contribution in [0.5, 0.6) is 0 Å². The van der Waals surface area contributed by atoms with E-state index in [0.717, 1.165) is 19.4 Å². The maximum atomic E-state index is 11.1. The van der Waals surface area contributed by atoms with Crippen LogP contribution in [-0.2, 0) is 4.79 Å². The third-order valence-electron chi connectivity index (χ3n) is 1.47. The van der Waals surface area contributed by atoms with Gasteiger partial charge in [0.15, 0.2) is 0 Å². The van der Waals surface area contributed by atoms with E-state index in [1.165, 1.54) is 0 Å². The standard InChI is InChI=1S/C9H20N2O/c1-4-5-6-11-8(12)7-9(2,3)10/h4-7,10H2,1-3H3,(H,11,12). The van der Waals surface area contributed by atoms with Crippen molar-refractivity contribution in [2.45, 2.75) is 45.6 Å². The fraction of sp³-hybridized carbons (Fsp3) is 0.889. The molecule has 0 aromatic heterocycles. The van der Waals surface area contributed by atoms with Crippen molar-refractivity contribution >= 4 is 5.91 Å². The van der Waals surface area contributed by atoms with Gasteiger partial charge < -0.3 is 11.1 Å². The highest BCUT2D eigenvalue weighted by Crippen LogP contribution is 2.02. The second-order valence-electron chi connectivity index (χ2n) is 3.87. The normalized spacial score (nSPS) is 11.3. The second kappa shape index (κ2) is 5.14. The van der Waals surface area contributed by atoms with Crippen molar-refractivity contribution in [2.24, 2.45) is 5.73 Å². The highest BCUT2D eigenvalue weighted by molar-refractivity contribution is 5.76. The van der Waals surface area contributed by atoms with Gasteiger partial charge in [0.1, 0.15) is 0 Å². The monoisotopic (exact) mass is 172 g/mol. The Hall–Kier alpha value is -0.570. The van der Waals surface area contributed by atoms with E-state index in [1.54, 1.807) is 0 Å². The third-order valence-corrected chi connectivity index (χ3v) is 1.47. The molecule has 0 spiro atoms. The Bertz CT molecular complexity index is 138. The molecule has 0 aromatic carbocycles. The van der Waals surface area contributed by atoms with Crippen molar-refractivity contribution in [2.75, 3.05) is 6.54 Å². The van der Waals surface area contributed by atoms with Crippen molar-refractivity contribution in [3.63, 3.8) is 0 Å². The Balaban J connectivity index is 3.47. The number of nitrogens with two attached hydrogens (primary N) is 1. The zero-order chi connectivity index (χ0) is 9.61. The predicted molar refractivity (Wildman–Crippen MR) is 50.8 cm³/mol. The van der Waals surface area contributed by atoms with Crippen molar-refractivity contribution < 1.29 is 4.79 Å². The van der Waals surface area contributed by atoms with Crippen LogP contribution in [-0.4, -0.2) is 18.0 Å². The zero-order valence-corrected chi connectivity index (χ0v) is 8.31. The molecule has 0 atom stereocenters. The van der Waals surface area contributed by atoms with Crippen LogP contribution < -0.4 is 11.1 Å². The first-order chi connectivity index (χ1) is 5.45. The summed E-state index contributed by atoms with van der Waals surface area (Å²) in [7, 11) is 0. The minimum Gasteiger partial charge on any atom is -0.356 e. The van der Waals surface area contributed by atoms with Gasteiger partial charge in [-0.3, -0.25) is 4.79 Å². The van der Waals surface area contributed by atoms with Crippen LogP contribution in [0.2, 0.25) is 0 Å². The number of nitrogens with one attached hydrogen (secondary N) is 1. The Labute approximate surface area is 74.7 Å². The average Bonchev–Trinajstić information content (AvgIpc) is 1.84. The molecule has 0 aliphatic carbocycles. The van der Waals surface area contributed by atoms with Crippen molar-refractivity contribution in [3.05, 3.63) is 0 Å². The summed E-state index contributed by atoms with van der Waals surface area (Å²) in [6.07, 6.45) is 2.54. The Morgan fingerprint density at radius 2 is 2.08 bits per heavy atom. The predicted octanol–water partition coefficient (Wildman–Crippen LogP) is 1.03. The number of rotatable bonds is 5. The lowest BCUT2D eigenvalue weighted by Gasteiger charge is -2.17. The number of carbonyl (C=O) groups is 1. The first-order valence-electron chi connectivity index (χ1n) is 4.51. The minimum absolute atomic E-state index is 0.0518. The van der Waals surface area contributed by atoms with Crippen LogP contribution in [0.4, 0.5) is 0 Å². The van der Waals surface area contributed by atoms with Crippen LogP contribution in [0.3, 0.4) is 0 Å². The van der Waals surface area contributed by atoms with Crippen LogP contribution in [0.25, 0.3) is 0 Å². The molecule has 72 valence electrons. The quantitative estimate of drug-likeness (QED) is 0.608. The maximum absolute atomic E-state index is 11.1. The lowest BCUT2D eigenvalue weighted by atomic mass is 10.0. The van der Waals surface area contributed by atoms with Gasteiger partial charge in [-0.15, -0.1) is 0 Å². The van der Waals surface area contributed by atoms with E-state index in [-0.39, 0.29) is 5.91 Å². The average molecular weight is 172 g/mol. The van der Waals surface area contributed by atoms with Crippen molar-refractivity contribution in [3.8, 4) is 0 Å². The van der Waals surface area contributed by atoms with Gasteiger partial charge in [-0.25, -0.2) is 0 Å². The van der Waals surface area contributed by atoms with Gasteiger partial charge in [0.25, 0.3) is 0 Å². The molecule has 0 fully saturated rings. The van der Waals surface area contributed by atoms with Gasteiger partial charge in [-0.05, 0) is 20.3 Å². The number of unbranched alkanes of at least 4 members (excludes halogenated alkanes) is 1. The molecule has 0 saturated carbocycles. The lowest BCUT2D eigenvalue weighted by Crippen LogP contribution is -2.39. The molecule has 1 amide bonds. The van der Waals surface area contributed by atoms with Gasteiger partial charge in [0, 0.05) is 18.5 Å². The summed E-state index contributed by atoms with van der Waals surface area (Å²) < 4.78 is 0. The molecular weight excluding hydrogens is 152 g/mol. The van der Waals surface area contributed by atoms with Crippen LogP contribution in [0.15, 0.2) is 0 Å². The van der Waals surface area contributed by atoms with E-state index in [9.17, 15) is 4.79 Å². The molecule has 3 N–H and O–H groups in total. The van der Waals surface area contributed by atoms with Crippen molar-refractivity contribution in [1.82, 2.24) is 5.32 Å². The highest BCUT2D eigenvalue weighted by Gasteiger charge is 2.15. The van der Waals surface area contributed by atoms with Gasteiger partial charge in [-0.1, -0.05) is 13.3 Å². The summed E-state index contributed by atoms with van der Waals surface area (Å²) in [6.45, 7) is 6.57. The highest BCUT2D eigenvalue weighted by atomic mass is 16.1. The molecule has 0 rings (SSSR count). The van der Waals surface area contributed by atoms with E-state index in [1.807, 2.05) is 13.8 Å². The number of hydrogen-bond acceptors (Lipinski definition) is 2. The molecular formula is C9H20N2O. The summed E-state index contributed by atoms with van der Waals surface area (Å²) in [4.78, 5) is 11.1. The SMILES string of the molecule is CCCCNC(=O)CC(C)(C)N. The van der Waals surface area contributed by atoms with Gasteiger partial charge >= 0.3 is 0 Å². The molecule has 12 heavy (non-hydrogen) atoms. The number of hydrogen-bond donors (Lipinski definition) is 2. The molecule has 0 aliphatic rings. The van der Waals surface area contributed by atoms with Gasteiger partial charge in [0.05, 0.1) is 0 Å². The fourth-order valence-corrected chi connectivity index (χ4v) is 0.881. The molecule has 0 bridgehead atoms. The topological polar surface area (TPSA) is 55.1 Å². The van der Waals surface area contributed by atoms with Crippen LogP contribution in [0, 0.1) is 0 Å². The maximum Gasteiger partial charge on any atom is 0.221 e. The molecule has 0 aliphatic heterocycles. The third kappa shape index (κ3) is 7.54. The van der Waals surface area contributed by atoms with Crippen LogP contribution in [0.1, 0.15) is 40.0 Å². The first kappa shape index (κ1) is 11.4. The van der Waals surface area contributed by atoms with Gasteiger partial charge in [0.2, 0.25) is 5.91 Å². The molecule has 0 unspecified atom stereocenters. The van der Waals surface area contributed by atoms with E-state index in [2.05, 4.69) is 12.2 Å². The second-order valence-corrected chi connectivity index (χ2v) is 3.87. The first-order valence-corrected chi connectivity index (χ1v) is 4.51. The summed E-state index contributed by atoms with van der Waals surface area (Å²) in [5.74, 6) is 0.0518. The largest absolute Gasteiger partial charge is 0.356 e. The van der Waals surface area contributed by atoms with Gasteiger partial charge in [-0.2, -0.15) is 0 Å². The molecule has 0 saturated heterocycles. The summed E-state index contributed by atoms with van der Waals surface area (Å²) in [5, 5.41) is 2.82. The fourth-order valence-electron chi connectivity index (χ4n) is 0.881. The van der Waals surface area contributed by atoms with Crippen molar-refractivity contribution in [1.29, 1.82) is 0 Å².